The predicted octanol–water partition coefficient (Wildman–Crippen LogP) is 1.22. The van der Waals surface area contributed by atoms with Crippen molar-refractivity contribution in [1.29, 1.82) is 0 Å². The van der Waals surface area contributed by atoms with E-state index >= 15 is 0 Å². The molecule has 1 aliphatic heterocycles. The Kier molecular flexibility index (Phi) is 3.16. The predicted molar refractivity (Wildman–Crippen MR) is 76.2 cm³/mol. The Labute approximate surface area is 117 Å². The number of likely N-dealkylation sites (tertiary alicyclic amines) is 1. The van der Waals surface area contributed by atoms with Crippen LogP contribution in [0.5, 0.6) is 0 Å². The van der Waals surface area contributed by atoms with Crippen LogP contribution in [-0.4, -0.2) is 39.6 Å². The Morgan fingerprint density at radius 2 is 2.20 bits per heavy atom. The van der Waals surface area contributed by atoms with Crippen molar-refractivity contribution >= 4 is 16.7 Å². The molecule has 1 atom stereocenters. The van der Waals surface area contributed by atoms with Crippen LogP contribution in [0.15, 0.2) is 36.7 Å². The van der Waals surface area contributed by atoms with E-state index in [0.717, 1.165) is 16.3 Å². The number of aliphatic carboxylic acids is 1. The molecule has 1 aliphatic rings. The minimum absolute atomic E-state index is 0.381. The second-order valence-electron chi connectivity index (χ2n) is 5.44. The van der Waals surface area contributed by atoms with Crippen LogP contribution >= 0.6 is 0 Å². The number of hydrogen-bond acceptors (Lipinski definition) is 4. The summed E-state index contributed by atoms with van der Waals surface area (Å²) in [7, 11) is 0. The van der Waals surface area contributed by atoms with E-state index in [4.69, 9.17) is 10.8 Å². The molecule has 3 rings (SSSR count). The van der Waals surface area contributed by atoms with Crippen molar-refractivity contribution in [2.24, 2.45) is 5.73 Å². The fraction of sp³-hybridized carbons (Fsp3) is 0.333. The summed E-state index contributed by atoms with van der Waals surface area (Å²) in [6.07, 6.45) is 4.17. The summed E-state index contributed by atoms with van der Waals surface area (Å²) in [5.74, 6) is -0.920. The number of carbonyl (C=O) groups is 1. The monoisotopic (exact) mass is 271 g/mol. The van der Waals surface area contributed by atoms with Gasteiger partial charge in [0.25, 0.3) is 0 Å². The summed E-state index contributed by atoms with van der Waals surface area (Å²) in [6.45, 7) is 1.76. The third kappa shape index (κ3) is 2.26. The van der Waals surface area contributed by atoms with Crippen molar-refractivity contribution in [1.82, 2.24) is 9.88 Å². The second kappa shape index (κ2) is 4.85. The first-order valence-electron chi connectivity index (χ1n) is 6.65. The highest BCUT2D eigenvalue weighted by Gasteiger charge is 2.41. The number of carboxylic acids is 1. The van der Waals surface area contributed by atoms with Gasteiger partial charge in [0, 0.05) is 37.4 Å². The zero-order valence-electron chi connectivity index (χ0n) is 11.1. The first-order valence-corrected chi connectivity index (χ1v) is 6.65. The van der Waals surface area contributed by atoms with Crippen molar-refractivity contribution in [3.8, 4) is 0 Å². The molecule has 1 aromatic heterocycles. The van der Waals surface area contributed by atoms with Crippen LogP contribution < -0.4 is 5.73 Å². The van der Waals surface area contributed by atoms with Crippen LogP contribution in [0, 0.1) is 0 Å². The van der Waals surface area contributed by atoms with Gasteiger partial charge >= 0.3 is 5.97 Å². The van der Waals surface area contributed by atoms with Crippen LogP contribution in [0.2, 0.25) is 0 Å². The van der Waals surface area contributed by atoms with Crippen LogP contribution in [0.4, 0.5) is 0 Å². The minimum atomic E-state index is -1.11. The largest absolute Gasteiger partial charge is 0.480 e. The fourth-order valence-electron chi connectivity index (χ4n) is 2.77. The maximum atomic E-state index is 11.2. The van der Waals surface area contributed by atoms with E-state index in [9.17, 15) is 4.79 Å². The molecule has 20 heavy (non-hydrogen) atoms. The van der Waals surface area contributed by atoms with Gasteiger partial charge < -0.3 is 10.8 Å². The van der Waals surface area contributed by atoms with Gasteiger partial charge in [-0.1, -0.05) is 24.3 Å². The number of rotatable bonds is 3. The Bertz CT molecular complexity index is 653. The lowest BCUT2D eigenvalue weighted by molar-refractivity contribution is -0.142. The Morgan fingerprint density at radius 3 is 2.95 bits per heavy atom. The van der Waals surface area contributed by atoms with Gasteiger partial charge in [-0.2, -0.15) is 0 Å². The molecule has 0 saturated carbocycles. The van der Waals surface area contributed by atoms with Crippen molar-refractivity contribution in [3.63, 3.8) is 0 Å². The van der Waals surface area contributed by atoms with E-state index < -0.39 is 11.5 Å². The standard InChI is InChI=1S/C15H17N3O2/c16-15(14(19)20)5-6-18(10-15)9-12-8-17-7-11-3-1-2-4-13(11)12/h1-4,7-8H,5-6,9-10,16H2,(H,19,20). The van der Waals surface area contributed by atoms with Gasteiger partial charge in [0.05, 0.1) is 0 Å². The van der Waals surface area contributed by atoms with E-state index in [0.29, 0.717) is 26.1 Å². The van der Waals surface area contributed by atoms with E-state index in [-0.39, 0.29) is 0 Å². The molecular weight excluding hydrogens is 254 g/mol. The molecule has 0 bridgehead atoms. The highest BCUT2D eigenvalue weighted by molar-refractivity contribution is 5.84. The van der Waals surface area contributed by atoms with Gasteiger partial charge in [-0.3, -0.25) is 14.7 Å². The highest BCUT2D eigenvalue weighted by atomic mass is 16.4. The molecule has 1 unspecified atom stereocenters. The molecule has 2 aromatic rings. The normalized spacial score (nSPS) is 23.2. The summed E-state index contributed by atoms with van der Waals surface area (Å²) < 4.78 is 0. The molecule has 0 amide bonds. The number of hydrogen-bond donors (Lipinski definition) is 2. The van der Waals surface area contributed by atoms with Crippen LogP contribution in [0.1, 0.15) is 12.0 Å². The Hall–Kier alpha value is -1.98. The maximum Gasteiger partial charge on any atom is 0.325 e. The van der Waals surface area contributed by atoms with Crippen LogP contribution in [0.3, 0.4) is 0 Å². The van der Waals surface area contributed by atoms with Gasteiger partial charge in [0.2, 0.25) is 0 Å². The quantitative estimate of drug-likeness (QED) is 0.877. The van der Waals surface area contributed by atoms with Gasteiger partial charge in [-0.05, 0) is 17.4 Å². The average Bonchev–Trinajstić information content (AvgIpc) is 2.82. The molecule has 0 radical (unpaired) electrons. The van der Waals surface area contributed by atoms with Gasteiger partial charge in [-0.25, -0.2) is 0 Å². The average molecular weight is 271 g/mol. The van der Waals surface area contributed by atoms with E-state index in [1.807, 2.05) is 30.6 Å². The first-order chi connectivity index (χ1) is 9.58. The number of fused-ring (bicyclic) bond motifs is 1. The molecule has 1 saturated heterocycles. The van der Waals surface area contributed by atoms with Crippen molar-refractivity contribution < 1.29 is 9.90 Å². The minimum Gasteiger partial charge on any atom is -0.480 e. The molecule has 3 N–H and O–H groups in total. The van der Waals surface area contributed by atoms with Gasteiger partial charge in [0.15, 0.2) is 0 Å². The summed E-state index contributed by atoms with van der Waals surface area (Å²) in [6, 6.07) is 8.08. The maximum absolute atomic E-state index is 11.2. The summed E-state index contributed by atoms with van der Waals surface area (Å²) in [5.41, 5.74) is 5.90. The van der Waals surface area contributed by atoms with E-state index in [1.165, 1.54) is 0 Å². The second-order valence-corrected chi connectivity index (χ2v) is 5.44. The number of pyridine rings is 1. The van der Waals surface area contributed by atoms with Crippen molar-refractivity contribution in [2.75, 3.05) is 13.1 Å². The lowest BCUT2D eigenvalue weighted by Crippen LogP contribution is -2.50. The zero-order chi connectivity index (χ0) is 14.2. The van der Waals surface area contributed by atoms with E-state index in [1.54, 1.807) is 0 Å². The molecule has 0 aliphatic carbocycles. The number of nitrogens with zero attached hydrogens (tertiary/aromatic N) is 2. The highest BCUT2D eigenvalue weighted by Crippen LogP contribution is 2.24. The molecular formula is C15H17N3O2. The van der Waals surface area contributed by atoms with Crippen LogP contribution in [-0.2, 0) is 11.3 Å². The van der Waals surface area contributed by atoms with Gasteiger partial charge in [0.1, 0.15) is 5.54 Å². The molecule has 2 heterocycles. The Morgan fingerprint density at radius 1 is 1.40 bits per heavy atom. The number of carboxylic acid groups (broad SMARTS) is 1. The lowest BCUT2D eigenvalue weighted by Gasteiger charge is -2.20. The Balaban J connectivity index is 1.83. The number of benzene rings is 1. The summed E-state index contributed by atoms with van der Waals surface area (Å²) in [4.78, 5) is 17.5. The van der Waals surface area contributed by atoms with Crippen molar-refractivity contribution in [3.05, 3.63) is 42.2 Å². The molecule has 5 nitrogen and oxygen atoms in total. The molecule has 1 aromatic carbocycles. The molecule has 104 valence electrons. The topological polar surface area (TPSA) is 79.5 Å². The smallest absolute Gasteiger partial charge is 0.325 e. The number of nitrogens with two attached hydrogens (primary N) is 1. The third-order valence-corrected chi connectivity index (χ3v) is 3.95. The zero-order valence-corrected chi connectivity index (χ0v) is 11.1. The van der Waals surface area contributed by atoms with Crippen LogP contribution in [0.25, 0.3) is 10.8 Å². The van der Waals surface area contributed by atoms with E-state index in [2.05, 4.69) is 16.0 Å². The molecule has 0 spiro atoms. The SMILES string of the molecule is NC1(C(=O)O)CCN(Cc2cncc3ccccc23)C1. The lowest BCUT2D eigenvalue weighted by atomic mass is 10.0. The first kappa shape index (κ1) is 13.0. The number of aromatic nitrogens is 1. The molecule has 5 heteroatoms. The fourth-order valence-corrected chi connectivity index (χ4v) is 2.77. The summed E-state index contributed by atoms with van der Waals surface area (Å²) >= 11 is 0. The van der Waals surface area contributed by atoms with Crippen molar-refractivity contribution in [2.45, 2.75) is 18.5 Å². The third-order valence-electron chi connectivity index (χ3n) is 3.95. The summed E-state index contributed by atoms with van der Waals surface area (Å²) in [5, 5.41) is 11.4. The van der Waals surface area contributed by atoms with Gasteiger partial charge in [-0.15, -0.1) is 0 Å². The molecule has 1 fully saturated rings.